The SMILES string of the molecule is Cc1cc(C#N)c(O)cc1F. The largest absolute Gasteiger partial charge is 0.506 e. The zero-order valence-electron chi connectivity index (χ0n) is 5.93. The van der Waals surface area contributed by atoms with Gasteiger partial charge in [-0.25, -0.2) is 4.39 Å². The van der Waals surface area contributed by atoms with E-state index in [4.69, 9.17) is 10.4 Å². The topological polar surface area (TPSA) is 44.0 Å². The molecular weight excluding hydrogens is 145 g/mol. The highest BCUT2D eigenvalue weighted by molar-refractivity contribution is 5.44. The fraction of sp³-hybridized carbons (Fsp3) is 0.125. The molecule has 11 heavy (non-hydrogen) atoms. The average Bonchev–Trinajstić information content (AvgIpc) is 1.97. The van der Waals surface area contributed by atoms with E-state index < -0.39 is 5.82 Å². The molecule has 0 saturated heterocycles. The molecule has 0 aliphatic heterocycles. The Morgan fingerprint density at radius 3 is 2.73 bits per heavy atom. The van der Waals surface area contributed by atoms with Crippen molar-refractivity contribution in [2.24, 2.45) is 0 Å². The molecule has 0 unspecified atom stereocenters. The van der Waals surface area contributed by atoms with Crippen LogP contribution in [0.4, 0.5) is 4.39 Å². The van der Waals surface area contributed by atoms with Gasteiger partial charge in [-0.3, -0.25) is 0 Å². The molecule has 0 aromatic heterocycles. The van der Waals surface area contributed by atoms with Gasteiger partial charge in [0.05, 0.1) is 5.56 Å². The van der Waals surface area contributed by atoms with E-state index in [1.165, 1.54) is 13.0 Å². The second kappa shape index (κ2) is 2.59. The maximum absolute atomic E-state index is 12.6. The van der Waals surface area contributed by atoms with Gasteiger partial charge in [0, 0.05) is 6.07 Å². The lowest BCUT2D eigenvalue weighted by Crippen LogP contribution is -1.84. The van der Waals surface area contributed by atoms with E-state index in [0.29, 0.717) is 5.56 Å². The van der Waals surface area contributed by atoms with Crippen LogP contribution in [0.3, 0.4) is 0 Å². The molecule has 1 aromatic rings. The summed E-state index contributed by atoms with van der Waals surface area (Å²) in [7, 11) is 0. The maximum Gasteiger partial charge on any atom is 0.136 e. The van der Waals surface area contributed by atoms with Crippen LogP contribution < -0.4 is 0 Å². The number of hydrogen-bond acceptors (Lipinski definition) is 2. The number of phenolic OH excluding ortho intramolecular Hbond substituents is 1. The van der Waals surface area contributed by atoms with Crippen LogP contribution >= 0.6 is 0 Å². The highest BCUT2D eigenvalue weighted by atomic mass is 19.1. The Morgan fingerprint density at radius 2 is 2.18 bits per heavy atom. The fourth-order valence-electron chi connectivity index (χ4n) is 0.761. The van der Waals surface area contributed by atoms with Crippen molar-refractivity contribution in [1.29, 1.82) is 5.26 Å². The number of aryl methyl sites for hydroxylation is 1. The van der Waals surface area contributed by atoms with Crippen molar-refractivity contribution in [2.45, 2.75) is 6.92 Å². The van der Waals surface area contributed by atoms with Gasteiger partial charge in [0.25, 0.3) is 0 Å². The summed E-state index contributed by atoms with van der Waals surface area (Å²) in [5.41, 5.74) is 0.461. The number of rotatable bonds is 0. The van der Waals surface area contributed by atoms with E-state index >= 15 is 0 Å². The summed E-state index contributed by atoms with van der Waals surface area (Å²) in [4.78, 5) is 0. The molecule has 0 fully saturated rings. The Labute approximate surface area is 63.5 Å². The minimum absolute atomic E-state index is 0.101. The van der Waals surface area contributed by atoms with Gasteiger partial charge in [0.15, 0.2) is 0 Å². The molecule has 0 bridgehead atoms. The Hall–Kier alpha value is -1.56. The first-order chi connectivity index (χ1) is 5.15. The molecule has 0 spiro atoms. The van der Waals surface area contributed by atoms with Crippen molar-refractivity contribution in [2.75, 3.05) is 0 Å². The Morgan fingerprint density at radius 1 is 1.55 bits per heavy atom. The second-order valence-corrected chi connectivity index (χ2v) is 2.23. The lowest BCUT2D eigenvalue weighted by atomic mass is 10.1. The molecule has 0 saturated carbocycles. The van der Waals surface area contributed by atoms with Crippen LogP contribution in [-0.2, 0) is 0 Å². The molecule has 0 amide bonds. The number of nitriles is 1. The van der Waals surface area contributed by atoms with Crippen molar-refractivity contribution in [3.05, 3.63) is 29.1 Å². The van der Waals surface area contributed by atoms with Crippen molar-refractivity contribution >= 4 is 0 Å². The molecule has 1 aromatic carbocycles. The van der Waals surface area contributed by atoms with Crippen LogP contribution in [-0.4, -0.2) is 5.11 Å². The first-order valence-corrected chi connectivity index (χ1v) is 3.04. The monoisotopic (exact) mass is 151 g/mol. The van der Waals surface area contributed by atoms with Gasteiger partial charge in [0.2, 0.25) is 0 Å². The van der Waals surface area contributed by atoms with E-state index in [1.807, 2.05) is 0 Å². The number of aromatic hydroxyl groups is 1. The minimum atomic E-state index is -0.499. The van der Waals surface area contributed by atoms with E-state index in [0.717, 1.165) is 6.07 Å². The van der Waals surface area contributed by atoms with Crippen molar-refractivity contribution in [3.63, 3.8) is 0 Å². The molecule has 0 aliphatic carbocycles. The van der Waals surface area contributed by atoms with Crippen LogP contribution in [0, 0.1) is 24.1 Å². The molecule has 0 radical (unpaired) electrons. The number of nitrogens with zero attached hydrogens (tertiary/aromatic N) is 1. The quantitative estimate of drug-likeness (QED) is 0.613. The first-order valence-electron chi connectivity index (χ1n) is 3.04. The van der Waals surface area contributed by atoms with Gasteiger partial charge in [-0.05, 0) is 18.6 Å². The van der Waals surface area contributed by atoms with E-state index in [-0.39, 0.29) is 11.3 Å². The van der Waals surface area contributed by atoms with Gasteiger partial charge in [-0.1, -0.05) is 0 Å². The molecule has 1 N–H and O–H groups in total. The van der Waals surface area contributed by atoms with Gasteiger partial charge in [0.1, 0.15) is 17.6 Å². The third-order valence-electron chi connectivity index (χ3n) is 1.40. The van der Waals surface area contributed by atoms with Crippen LogP contribution in [0.5, 0.6) is 5.75 Å². The predicted octanol–water partition coefficient (Wildman–Crippen LogP) is 1.71. The summed E-state index contributed by atoms with van der Waals surface area (Å²) in [5, 5.41) is 17.4. The zero-order chi connectivity index (χ0) is 8.43. The zero-order valence-corrected chi connectivity index (χ0v) is 5.93. The van der Waals surface area contributed by atoms with Crippen molar-refractivity contribution in [1.82, 2.24) is 0 Å². The summed E-state index contributed by atoms with van der Waals surface area (Å²) < 4.78 is 12.6. The Kier molecular flexibility index (Phi) is 1.77. The molecule has 1 rings (SSSR count). The van der Waals surface area contributed by atoms with Crippen LogP contribution in [0.15, 0.2) is 12.1 Å². The third-order valence-corrected chi connectivity index (χ3v) is 1.40. The molecule has 0 atom stereocenters. The lowest BCUT2D eigenvalue weighted by molar-refractivity contribution is 0.466. The number of phenols is 1. The number of halogens is 1. The van der Waals surface area contributed by atoms with Gasteiger partial charge in [-0.2, -0.15) is 5.26 Å². The Bertz CT molecular complexity index is 328. The highest BCUT2D eigenvalue weighted by Gasteiger charge is 2.04. The molecule has 3 heteroatoms. The third kappa shape index (κ3) is 1.30. The standard InChI is InChI=1S/C8H6FNO/c1-5-2-6(4-10)8(11)3-7(5)9/h2-3,11H,1H3. The van der Waals surface area contributed by atoms with Crippen LogP contribution in [0.2, 0.25) is 0 Å². The van der Waals surface area contributed by atoms with Crippen molar-refractivity contribution in [3.8, 4) is 11.8 Å². The molecular formula is C8H6FNO. The van der Waals surface area contributed by atoms with Crippen LogP contribution in [0.25, 0.3) is 0 Å². The van der Waals surface area contributed by atoms with Gasteiger partial charge >= 0.3 is 0 Å². The van der Waals surface area contributed by atoms with E-state index in [2.05, 4.69) is 0 Å². The Balaban J connectivity index is 3.35. The lowest BCUT2D eigenvalue weighted by Gasteiger charge is -1.98. The number of hydrogen-bond donors (Lipinski definition) is 1. The smallest absolute Gasteiger partial charge is 0.136 e. The average molecular weight is 151 g/mol. The van der Waals surface area contributed by atoms with Gasteiger partial charge in [-0.15, -0.1) is 0 Å². The summed E-state index contributed by atoms with van der Waals surface area (Å²) in [6.07, 6.45) is 0. The second-order valence-electron chi connectivity index (χ2n) is 2.23. The first kappa shape index (κ1) is 7.55. The molecule has 56 valence electrons. The summed E-state index contributed by atoms with van der Waals surface area (Å²) in [5.74, 6) is -0.808. The van der Waals surface area contributed by atoms with Gasteiger partial charge < -0.3 is 5.11 Å². The highest BCUT2D eigenvalue weighted by Crippen LogP contribution is 2.19. The normalized spacial score (nSPS) is 9.18. The minimum Gasteiger partial charge on any atom is -0.506 e. The van der Waals surface area contributed by atoms with Crippen LogP contribution in [0.1, 0.15) is 11.1 Å². The maximum atomic E-state index is 12.6. The number of benzene rings is 1. The molecule has 2 nitrogen and oxygen atoms in total. The van der Waals surface area contributed by atoms with Crippen molar-refractivity contribution < 1.29 is 9.50 Å². The molecule has 0 heterocycles. The summed E-state index contributed by atoms with van der Waals surface area (Å²) in [6.45, 7) is 1.54. The summed E-state index contributed by atoms with van der Waals surface area (Å²) in [6, 6.07) is 4.00. The molecule has 0 aliphatic rings. The van der Waals surface area contributed by atoms with E-state index in [1.54, 1.807) is 6.07 Å². The van der Waals surface area contributed by atoms with E-state index in [9.17, 15) is 4.39 Å². The fourth-order valence-corrected chi connectivity index (χ4v) is 0.761. The predicted molar refractivity (Wildman–Crippen MR) is 37.5 cm³/mol. The summed E-state index contributed by atoms with van der Waals surface area (Å²) >= 11 is 0.